The van der Waals surface area contributed by atoms with Crippen LogP contribution in [0.1, 0.15) is 18.9 Å². The van der Waals surface area contributed by atoms with Gasteiger partial charge in [0, 0.05) is 0 Å². The molecular formula is C11H15NO3. The van der Waals surface area contributed by atoms with E-state index in [4.69, 9.17) is 10.5 Å². The lowest BCUT2D eigenvalue weighted by molar-refractivity contribution is -0.137. The van der Waals surface area contributed by atoms with Gasteiger partial charge in [0.05, 0.1) is 7.11 Å². The van der Waals surface area contributed by atoms with Crippen molar-refractivity contribution in [2.24, 2.45) is 5.73 Å². The van der Waals surface area contributed by atoms with Gasteiger partial charge in [0.15, 0.2) is 5.60 Å². The van der Waals surface area contributed by atoms with Crippen LogP contribution in [0.2, 0.25) is 0 Å². The number of nitrogens with two attached hydrogens (primary N) is 1. The number of aliphatic hydroxyl groups is 1. The van der Waals surface area contributed by atoms with Crippen molar-refractivity contribution >= 4 is 5.91 Å². The number of carbonyl (C=O) groups is 1. The largest absolute Gasteiger partial charge is 0.497 e. The summed E-state index contributed by atoms with van der Waals surface area (Å²) >= 11 is 0. The lowest BCUT2D eigenvalue weighted by Gasteiger charge is -2.23. The molecule has 1 unspecified atom stereocenters. The Morgan fingerprint density at radius 1 is 1.47 bits per heavy atom. The smallest absolute Gasteiger partial charge is 0.254 e. The lowest BCUT2D eigenvalue weighted by atomic mass is 9.90. The Bertz CT molecular complexity index is 347. The van der Waals surface area contributed by atoms with E-state index >= 15 is 0 Å². The van der Waals surface area contributed by atoms with Gasteiger partial charge in [0.25, 0.3) is 5.91 Å². The zero-order chi connectivity index (χ0) is 11.5. The number of hydrogen-bond donors (Lipinski definition) is 2. The SMILES string of the molecule is CCC(O)(C(N)=O)c1ccc(OC)cc1. The van der Waals surface area contributed by atoms with Crippen LogP contribution in [-0.2, 0) is 10.4 Å². The van der Waals surface area contributed by atoms with Gasteiger partial charge >= 0.3 is 0 Å². The van der Waals surface area contributed by atoms with E-state index in [1.54, 1.807) is 38.3 Å². The summed E-state index contributed by atoms with van der Waals surface area (Å²) in [6.45, 7) is 1.70. The second kappa shape index (κ2) is 4.31. The van der Waals surface area contributed by atoms with Gasteiger partial charge in [-0.15, -0.1) is 0 Å². The normalized spacial score (nSPS) is 14.3. The summed E-state index contributed by atoms with van der Waals surface area (Å²) in [6, 6.07) is 6.62. The summed E-state index contributed by atoms with van der Waals surface area (Å²) < 4.78 is 4.98. The van der Waals surface area contributed by atoms with Gasteiger partial charge in [-0.3, -0.25) is 4.79 Å². The van der Waals surface area contributed by atoms with Crippen molar-refractivity contribution in [3.63, 3.8) is 0 Å². The molecule has 15 heavy (non-hydrogen) atoms. The molecule has 82 valence electrons. The van der Waals surface area contributed by atoms with Gasteiger partial charge < -0.3 is 15.6 Å². The topological polar surface area (TPSA) is 72.5 Å². The Hall–Kier alpha value is -1.55. The molecule has 3 N–H and O–H groups in total. The van der Waals surface area contributed by atoms with E-state index in [2.05, 4.69) is 0 Å². The van der Waals surface area contributed by atoms with E-state index < -0.39 is 11.5 Å². The average Bonchev–Trinajstić information content (AvgIpc) is 2.28. The van der Waals surface area contributed by atoms with Crippen LogP contribution in [-0.4, -0.2) is 18.1 Å². The summed E-state index contributed by atoms with van der Waals surface area (Å²) in [4.78, 5) is 11.1. The van der Waals surface area contributed by atoms with Crippen molar-refractivity contribution in [1.29, 1.82) is 0 Å². The Morgan fingerprint density at radius 3 is 2.33 bits per heavy atom. The summed E-state index contributed by atoms with van der Waals surface area (Å²) in [6.07, 6.45) is 0.245. The highest BCUT2D eigenvalue weighted by atomic mass is 16.5. The van der Waals surface area contributed by atoms with Crippen LogP contribution in [0.4, 0.5) is 0 Å². The number of carbonyl (C=O) groups excluding carboxylic acids is 1. The minimum Gasteiger partial charge on any atom is -0.497 e. The molecule has 4 heteroatoms. The number of rotatable bonds is 4. The number of primary amides is 1. The molecule has 1 atom stereocenters. The van der Waals surface area contributed by atoms with Crippen LogP contribution in [0.25, 0.3) is 0 Å². The van der Waals surface area contributed by atoms with Gasteiger partial charge in [-0.25, -0.2) is 0 Å². The summed E-state index contributed by atoms with van der Waals surface area (Å²) in [5.74, 6) is -0.0724. The molecule has 0 heterocycles. The molecule has 0 radical (unpaired) electrons. The first kappa shape index (κ1) is 11.5. The van der Waals surface area contributed by atoms with Crippen LogP contribution >= 0.6 is 0 Å². The highest BCUT2D eigenvalue weighted by molar-refractivity contribution is 5.84. The van der Waals surface area contributed by atoms with Crippen molar-refractivity contribution in [1.82, 2.24) is 0 Å². The lowest BCUT2D eigenvalue weighted by Crippen LogP contribution is -2.40. The highest BCUT2D eigenvalue weighted by Gasteiger charge is 2.33. The predicted octanol–water partition coefficient (Wildman–Crippen LogP) is 0.778. The molecule has 1 amide bonds. The second-order valence-electron chi connectivity index (χ2n) is 3.31. The molecule has 1 aromatic rings. The fourth-order valence-corrected chi connectivity index (χ4v) is 1.39. The second-order valence-corrected chi connectivity index (χ2v) is 3.31. The molecule has 0 bridgehead atoms. The fourth-order valence-electron chi connectivity index (χ4n) is 1.39. The third-order valence-electron chi connectivity index (χ3n) is 2.49. The average molecular weight is 209 g/mol. The van der Waals surface area contributed by atoms with Crippen molar-refractivity contribution in [3.05, 3.63) is 29.8 Å². The van der Waals surface area contributed by atoms with Crippen molar-refractivity contribution in [2.75, 3.05) is 7.11 Å². The standard InChI is InChI=1S/C11H15NO3/c1-3-11(14,10(12)13)8-4-6-9(15-2)7-5-8/h4-7,14H,3H2,1-2H3,(H2,12,13). The summed E-state index contributed by atoms with van der Waals surface area (Å²) in [5, 5.41) is 10.0. The number of hydrogen-bond acceptors (Lipinski definition) is 3. The summed E-state index contributed by atoms with van der Waals surface area (Å²) in [5.41, 5.74) is 4.06. The van der Waals surface area contributed by atoms with E-state index in [-0.39, 0.29) is 6.42 Å². The van der Waals surface area contributed by atoms with E-state index in [0.29, 0.717) is 11.3 Å². The third-order valence-corrected chi connectivity index (χ3v) is 2.49. The first-order valence-corrected chi connectivity index (χ1v) is 4.71. The molecule has 0 spiro atoms. The first-order chi connectivity index (χ1) is 7.04. The van der Waals surface area contributed by atoms with E-state index in [0.717, 1.165) is 0 Å². The van der Waals surface area contributed by atoms with Gasteiger partial charge in [0.2, 0.25) is 0 Å². The molecule has 0 aromatic heterocycles. The molecule has 0 saturated carbocycles. The molecule has 1 aromatic carbocycles. The van der Waals surface area contributed by atoms with E-state index in [1.165, 1.54) is 0 Å². The number of benzene rings is 1. The molecule has 0 aliphatic carbocycles. The maximum absolute atomic E-state index is 11.1. The zero-order valence-corrected chi connectivity index (χ0v) is 8.86. The molecular weight excluding hydrogens is 194 g/mol. The van der Waals surface area contributed by atoms with Crippen LogP contribution in [0, 0.1) is 0 Å². The molecule has 0 aliphatic rings. The minimum absolute atomic E-state index is 0.245. The van der Waals surface area contributed by atoms with Crippen molar-refractivity contribution in [3.8, 4) is 5.75 Å². The van der Waals surface area contributed by atoms with Crippen LogP contribution in [0.15, 0.2) is 24.3 Å². The van der Waals surface area contributed by atoms with Crippen LogP contribution < -0.4 is 10.5 Å². The number of ether oxygens (including phenoxy) is 1. The Balaban J connectivity index is 3.08. The quantitative estimate of drug-likeness (QED) is 0.769. The van der Waals surface area contributed by atoms with Crippen LogP contribution in [0.5, 0.6) is 5.75 Å². The van der Waals surface area contributed by atoms with Crippen molar-refractivity contribution in [2.45, 2.75) is 18.9 Å². The van der Waals surface area contributed by atoms with Gasteiger partial charge in [-0.2, -0.15) is 0 Å². The third kappa shape index (κ3) is 2.10. The number of methoxy groups -OCH3 is 1. The predicted molar refractivity (Wildman–Crippen MR) is 56.4 cm³/mol. The number of amides is 1. The maximum atomic E-state index is 11.1. The van der Waals surface area contributed by atoms with Gasteiger partial charge in [0.1, 0.15) is 5.75 Å². The Kier molecular flexibility index (Phi) is 3.31. The minimum atomic E-state index is -1.59. The Labute approximate surface area is 88.7 Å². The molecule has 0 aliphatic heterocycles. The van der Waals surface area contributed by atoms with Crippen molar-refractivity contribution < 1.29 is 14.6 Å². The van der Waals surface area contributed by atoms with E-state index in [1.807, 2.05) is 0 Å². The summed E-state index contributed by atoms with van der Waals surface area (Å²) in [7, 11) is 1.55. The highest BCUT2D eigenvalue weighted by Crippen LogP contribution is 2.26. The molecule has 4 nitrogen and oxygen atoms in total. The Morgan fingerprint density at radius 2 is 2.00 bits per heavy atom. The maximum Gasteiger partial charge on any atom is 0.254 e. The monoisotopic (exact) mass is 209 g/mol. The van der Waals surface area contributed by atoms with Gasteiger partial charge in [-0.05, 0) is 24.1 Å². The fraction of sp³-hybridized carbons (Fsp3) is 0.364. The molecule has 0 fully saturated rings. The van der Waals surface area contributed by atoms with E-state index in [9.17, 15) is 9.90 Å². The zero-order valence-electron chi connectivity index (χ0n) is 8.86. The first-order valence-electron chi connectivity index (χ1n) is 4.71. The molecule has 1 rings (SSSR count). The van der Waals surface area contributed by atoms with Gasteiger partial charge in [-0.1, -0.05) is 19.1 Å². The van der Waals surface area contributed by atoms with Crippen LogP contribution in [0.3, 0.4) is 0 Å². The molecule has 0 saturated heterocycles.